The first-order valence-corrected chi connectivity index (χ1v) is 10.6. The minimum Gasteiger partial charge on any atom is -0.353 e. The molecule has 5 heteroatoms. The van der Waals surface area contributed by atoms with Crippen molar-refractivity contribution in [3.63, 3.8) is 0 Å². The zero-order chi connectivity index (χ0) is 20.9. The van der Waals surface area contributed by atoms with Gasteiger partial charge in [0, 0.05) is 31.7 Å². The third-order valence-electron chi connectivity index (χ3n) is 6.39. The molecule has 2 fully saturated rings. The lowest BCUT2D eigenvalue weighted by Crippen LogP contribution is -2.57. The number of rotatable bonds is 8. The molecule has 0 bridgehead atoms. The number of hydrogen-bond donors (Lipinski definition) is 1. The van der Waals surface area contributed by atoms with Crippen molar-refractivity contribution in [1.29, 1.82) is 0 Å². The van der Waals surface area contributed by atoms with Crippen LogP contribution >= 0.6 is 0 Å². The number of carbonyl (C=O) groups is 2. The molecule has 0 radical (unpaired) electrons. The van der Waals surface area contributed by atoms with Crippen molar-refractivity contribution in [2.75, 3.05) is 19.6 Å². The van der Waals surface area contributed by atoms with E-state index in [1.54, 1.807) is 0 Å². The van der Waals surface area contributed by atoms with E-state index in [2.05, 4.69) is 42.4 Å². The fourth-order valence-electron chi connectivity index (χ4n) is 4.83. The average Bonchev–Trinajstić information content (AvgIpc) is 3.10. The second-order valence-corrected chi connectivity index (χ2v) is 8.27. The van der Waals surface area contributed by atoms with E-state index in [0.29, 0.717) is 13.1 Å². The molecule has 2 saturated heterocycles. The van der Waals surface area contributed by atoms with Crippen LogP contribution in [0.5, 0.6) is 0 Å². The number of amides is 2. The van der Waals surface area contributed by atoms with E-state index in [4.69, 9.17) is 0 Å². The lowest BCUT2D eigenvalue weighted by Gasteiger charge is -2.40. The molecule has 3 rings (SSSR count). The smallest absolute Gasteiger partial charge is 0.237 e. The molecule has 1 atom stereocenters. The Bertz CT molecular complexity index is 763. The van der Waals surface area contributed by atoms with Gasteiger partial charge in [-0.25, -0.2) is 0 Å². The van der Waals surface area contributed by atoms with Gasteiger partial charge in [0.25, 0.3) is 0 Å². The Morgan fingerprint density at radius 3 is 2.66 bits per heavy atom. The minimum atomic E-state index is -0.429. The van der Waals surface area contributed by atoms with Crippen LogP contribution in [0, 0.1) is 6.92 Å². The van der Waals surface area contributed by atoms with Gasteiger partial charge in [-0.1, -0.05) is 36.4 Å². The zero-order valence-corrected chi connectivity index (χ0v) is 17.5. The molecule has 0 spiro atoms. The highest BCUT2D eigenvalue weighted by atomic mass is 16.2. The highest BCUT2D eigenvalue weighted by Gasteiger charge is 2.43. The number of piperazine rings is 1. The van der Waals surface area contributed by atoms with Gasteiger partial charge in [-0.05, 0) is 43.7 Å². The van der Waals surface area contributed by atoms with Gasteiger partial charge in [0.1, 0.15) is 0 Å². The number of carbonyl (C=O) groups excluding carboxylic acids is 2. The highest BCUT2D eigenvalue weighted by molar-refractivity contribution is 5.89. The van der Waals surface area contributed by atoms with Crippen molar-refractivity contribution < 1.29 is 9.59 Å². The van der Waals surface area contributed by atoms with Crippen molar-refractivity contribution in [2.24, 2.45) is 0 Å². The zero-order valence-electron chi connectivity index (χ0n) is 17.5. The summed E-state index contributed by atoms with van der Waals surface area (Å²) in [6.07, 6.45) is 7.47. The Labute approximate surface area is 174 Å². The number of benzene rings is 1. The van der Waals surface area contributed by atoms with Gasteiger partial charge in [-0.2, -0.15) is 0 Å². The summed E-state index contributed by atoms with van der Waals surface area (Å²) in [5.74, 6) is 0.0125. The fourth-order valence-corrected chi connectivity index (χ4v) is 4.83. The number of nitrogens with zero attached hydrogens (tertiary/aromatic N) is 2. The summed E-state index contributed by atoms with van der Waals surface area (Å²) in [5, 5.41) is 2.95. The second kappa shape index (κ2) is 9.40. The number of nitrogens with one attached hydrogen (secondary N) is 1. The maximum atomic E-state index is 13.3. The number of aryl methyl sites for hydroxylation is 1. The first kappa shape index (κ1) is 21.3. The van der Waals surface area contributed by atoms with E-state index >= 15 is 0 Å². The van der Waals surface area contributed by atoms with E-state index in [1.807, 2.05) is 29.2 Å². The van der Waals surface area contributed by atoms with Gasteiger partial charge in [0.2, 0.25) is 11.8 Å². The lowest BCUT2D eigenvalue weighted by molar-refractivity contribution is -0.141. The highest BCUT2D eigenvalue weighted by Crippen LogP contribution is 2.37. The molecule has 5 nitrogen and oxygen atoms in total. The normalized spacial score (nSPS) is 21.6. The van der Waals surface area contributed by atoms with Crippen LogP contribution in [0.25, 0.3) is 0 Å². The van der Waals surface area contributed by atoms with Crippen LogP contribution in [-0.4, -0.2) is 52.8 Å². The predicted octanol–water partition coefficient (Wildman–Crippen LogP) is 3.20. The summed E-state index contributed by atoms with van der Waals surface area (Å²) in [6.45, 7) is 12.7. The van der Waals surface area contributed by atoms with E-state index in [1.165, 1.54) is 11.1 Å². The summed E-state index contributed by atoms with van der Waals surface area (Å²) >= 11 is 0. The molecule has 1 N–H and O–H groups in total. The number of likely N-dealkylation sites (tertiary alicyclic amines) is 1. The Balaban J connectivity index is 1.77. The molecule has 0 saturated carbocycles. The van der Waals surface area contributed by atoms with Crippen LogP contribution in [0.2, 0.25) is 0 Å². The molecule has 1 unspecified atom stereocenters. The van der Waals surface area contributed by atoms with Crippen molar-refractivity contribution in [3.05, 3.63) is 60.7 Å². The molecule has 2 heterocycles. The van der Waals surface area contributed by atoms with Gasteiger partial charge in [-0.15, -0.1) is 13.2 Å². The standard InChI is InChI=1S/C24H33N3O2/c1-4-11-24(12-5-2)13-8-15-27(24)22(28)17-21-23(29)25-14-16-26(21)18-20-10-7-6-9-19(20)3/h4-7,9-10,21H,1-2,8,11-18H2,3H3,(H,25,29). The maximum absolute atomic E-state index is 13.3. The first-order chi connectivity index (χ1) is 14.0. The van der Waals surface area contributed by atoms with E-state index in [0.717, 1.165) is 38.8 Å². The molecule has 156 valence electrons. The van der Waals surface area contributed by atoms with Crippen LogP contribution in [0.15, 0.2) is 49.6 Å². The molecule has 0 aliphatic carbocycles. The van der Waals surface area contributed by atoms with Crippen LogP contribution in [-0.2, 0) is 16.1 Å². The van der Waals surface area contributed by atoms with Crippen molar-refractivity contribution in [3.8, 4) is 0 Å². The average molecular weight is 396 g/mol. The van der Waals surface area contributed by atoms with Crippen LogP contribution in [0.1, 0.15) is 43.2 Å². The summed E-state index contributed by atoms with van der Waals surface area (Å²) in [6, 6.07) is 7.80. The van der Waals surface area contributed by atoms with Crippen LogP contribution in [0.4, 0.5) is 0 Å². The van der Waals surface area contributed by atoms with Crippen LogP contribution < -0.4 is 5.32 Å². The molecular formula is C24H33N3O2. The van der Waals surface area contributed by atoms with Gasteiger partial charge < -0.3 is 10.2 Å². The van der Waals surface area contributed by atoms with E-state index in [-0.39, 0.29) is 23.8 Å². The topological polar surface area (TPSA) is 52.7 Å². The Kier molecular flexibility index (Phi) is 6.91. The Morgan fingerprint density at radius 1 is 1.24 bits per heavy atom. The van der Waals surface area contributed by atoms with E-state index in [9.17, 15) is 9.59 Å². The summed E-state index contributed by atoms with van der Waals surface area (Å²) < 4.78 is 0. The first-order valence-electron chi connectivity index (χ1n) is 10.6. The minimum absolute atomic E-state index is 0.0459. The monoisotopic (exact) mass is 395 g/mol. The number of hydrogen-bond acceptors (Lipinski definition) is 3. The second-order valence-electron chi connectivity index (χ2n) is 8.27. The third-order valence-corrected chi connectivity index (χ3v) is 6.39. The molecule has 1 aromatic carbocycles. The van der Waals surface area contributed by atoms with Crippen molar-refractivity contribution in [2.45, 2.75) is 57.2 Å². The SMILES string of the molecule is C=CCC1(CC=C)CCCN1C(=O)CC1C(=O)NCCN1Cc1ccccc1C. The summed E-state index contributed by atoms with van der Waals surface area (Å²) in [5.41, 5.74) is 2.18. The largest absolute Gasteiger partial charge is 0.353 e. The predicted molar refractivity (Wildman–Crippen MR) is 116 cm³/mol. The third kappa shape index (κ3) is 4.61. The van der Waals surface area contributed by atoms with Gasteiger partial charge in [-0.3, -0.25) is 14.5 Å². The molecular weight excluding hydrogens is 362 g/mol. The van der Waals surface area contributed by atoms with Gasteiger partial charge in [0.05, 0.1) is 12.5 Å². The summed E-state index contributed by atoms with van der Waals surface area (Å²) in [4.78, 5) is 30.2. The van der Waals surface area contributed by atoms with Crippen molar-refractivity contribution in [1.82, 2.24) is 15.1 Å². The Morgan fingerprint density at radius 2 is 1.97 bits per heavy atom. The molecule has 29 heavy (non-hydrogen) atoms. The summed E-state index contributed by atoms with van der Waals surface area (Å²) in [7, 11) is 0. The van der Waals surface area contributed by atoms with E-state index < -0.39 is 6.04 Å². The molecule has 2 amide bonds. The van der Waals surface area contributed by atoms with Crippen LogP contribution in [0.3, 0.4) is 0 Å². The molecule has 2 aliphatic rings. The fraction of sp³-hybridized carbons (Fsp3) is 0.500. The molecule has 1 aromatic rings. The quantitative estimate of drug-likeness (QED) is 0.688. The molecule has 0 aromatic heterocycles. The lowest BCUT2D eigenvalue weighted by atomic mass is 9.87. The van der Waals surface area contributed by atoms with Gasteiger partial charge >= 0.3 is 0 Å². The molecule has 2 aliphatic heterocycles. The maximum Gasteiger partial charge on any atom is 0.237 e. The Hall–Kier alpha value is -2.40. The van der Waals surface area contributed by atoms with Crippen molar-refractivity contribution >= 4 is 11.8 Å². The van der Waals surface area contributed by atoms with Gasteiger partial charge in [0.15, 0.2) is 0 Å².